The molecule has 1 aliphatic rings. The van der Waals surface area contributed by atoms with Crippen molar-refractivity contribution < 1.29 is 23.8 Å². The van der Waals surface area contributed by atoms with Crippen molar-refractivity contribution in [1.29, 1.82) is 0 Å². The fourth-order valence-corrected chi connectivity index (χ4v) is 4.64. The molecule has 2 heterocycles. The topological polar surface area (TPSA) is 93.2 Å². The SMILES string of the molecule is COc1ccc(CN(CCCCNC(=O)OC(C)(C)C)C[C@H]2Cc3ccccc3CN2C(=O)OC(C)(C)C)nc1. The minimum absolute atomic E-state index is 0.0529. The summed E-state index contributed by atoms with van der Waals surface area (Å²) in [5.41, 5.74) is 2.24. The predicted octanol–water partition coefficient (Wildman–Crippen LogP) is 5.56. The van der Waals surface area contributed by atoms with Crippen LogP contribution in [0.1, 0.15) is 71.2 Å². The van der Waals surface area contributed by atoms with E-state index in [2.05, 4.69) is 33.4 Å². The number of amides is 2. The van der Waals surface area contributed by atoms with E-state index in [0.29, 0.717) is 31.9 Å². The first-order valence-electron chi connectivity index (χ1n) is 14.1. The maximum Gasteiger partial charge on any atom is 0.410 e. The highest BCUT2D eigenvalue weighted by molar-refractivity contribution is 5.69. The molecule has 2 amide bonds. The lowest BCUT2D eigenvalue weighted by atomic mass is 9.94. The van der Waals surface area contributed by atoms with E-state index in [1.165, 1.54) is 5.56 Å². The Balaban J connectivity index is 1.71. The highest BCUT2D eigenvalue weighted by Gasteiger charge is 2.34. The second-order valence-corrected chi connectivity index (χ2v) is 12.3. The molecule has 0 radical (unpaired) electrons. The number of fused-ring (bicyclic) bond motifs is 1. The van der Waals surface area contributed by atoms with E-state index >= 15 is 0 Å². The van der Waals surface area contributed by atoms with Crippen molar-refractivity contribution in [3.63, 3.8) is 0 Å². The second-order valence-electron chi connectivity index (χ2n) is 12.3. The van der Waals surface area contributed by atoms with Crippen molar-refractivity contribution in [2.75, 3.05) is 26.7 Å². The Kier molecular flexibility index (Phi) is 10.8. The molecule has 9 nitrogen and oxygen atoms in total. The van der Waals surface area contributed by atoms with Gasteiger partial charge in [0.05, 0.1) is 25.0 Å². The quantitative estimate of drug-likeness (QED) is 0.385. The molecule has 0 spiro atoms. The van der Waals surface area contributed by atoms with E-state index in [1.807, 2.05) is 64.6 Å². The first-order valence-corrected chi connectivity index (χ1v) is 14.1. The third-order valence-electron chi connectivity index (χ3n) is 6.44. The van der Waals surface area contributed by atoms with Crippen molar-refractivity contribution in [3.05, 3.63) is 59.4 Å². The first kappa shape index (κ1) is 31.2. The van der Waals surface area contributed by atoms with Crippen LogP contribution in [0.2, 0.25) is 0 Å². The van der Waals surface area contributed by atoms with Gasteiger partial charge in [-0.3, -0.25) is 14.8 Å². The van der Waals surface area contributed by atoms with Crippen molar-refractivity contribution in [1.82, 2.24) is 20.1 Å². The number of hydrogen-bond acceptors (Lipinski definition) is 7. The maximum absolute atomic E-state index is 13.3. The molecule has 0 saturated carbocycles. The van der Waals surface area contributed by atoms with E-state index in [1.54, 1.807) is 13.3 Å². The standard InChI is InChI=1S/C31H46N4O5/c1-30(2,3)39-28(36)32-16-10-11-17-34(21-25-14-15-27(38-7)19-33-25)22-26-18-23-12-8-9-13-24(23)20-35(26)29(37)40-31(4,5)6/h8-9,12-15,19,26H,10-11,16-18,20-22H2,1-7H3,(H,32,36)/t26-/m1/s1. The number of rotatable bonds is 10. The summed E-state index contributed by atoms with van der Waals surface area (Å²) in [5, 5.41) is 2.84. The fourth-order valence-electron chi connectivity index (χ4n) is 4.64. The molecule has 9 heteroatoms. The zero-order valence-corrected chi connectivity index (χ0v) is 25.2. The van der Waals surface area contributed by atoms with Gasteiger partial charge in [0.1, 0.15) is 17.0 Å². The molecule has 0 unspecified atom stereocenters. The van der Waals surface area contributed by atoms with Crippen LogP contribution in [-0.4, -0.2) is 71.0 Å². The number of hydrogen-bond donors (Lipinski definition) is 1. The molecule has 3 rings (SSSR count). The van der Waals surface area contributed by atoms with Crippen LogP contribution in [0.3, 0.4) is 0 Å². The Labute approximate surface area is 239 Å². The molecule has 2 aromatic rings. The zero-order valence-electron chi connectivity index (χ0n) is 25.2. The van der Waals surface area contributed by atoms with Crippen LogP contribution in [-0.2, 0) is 29.0 Å². The highest BCUT2D eigenvalue weighted by Crippen LogP contribution is 2.26. The third kappa shape index (κ3) is 10.3. The number of methoxy groups -OCH3 is 1. The normalized spacial score (nSPS) is 15.4. The van der Waals surface area contributed by atoms with Crippen LogP contribution in [0.25, 0.3) is 0 Å². The minimum atomic E-state index is -0.577. The lowest BCUT2D eigenvalue weighted by Gasteiger charge is -2.40. The van der Waals surface area contributed by atoms with Crippen molar-refractivity contribution >= 4 is 12.2 Å². The highest BCUT2D eigenvalue weighted by atomic mass is 16.6. The van der Waals surface area contributed by atoms with E-state index in [0.717, 1.165) is 37.1 Å². The number of alkyl carbamates (subject to hydrolysis) is 1. The average molecular weight is 555 g/mol. The molecule has 0 aliphatic carbocycles. The number of benzene rings is 1. The largest absolute Gasteiger partial charge is 0.495 e. The molecule has 220 valence electrons. The fraction of sp³-hybridized carbons (Fsp3) is 0.581. The van der Waals surface area contributed by atoms with Gasteiger partial charge in [0.15, 0.2) is 0 Å². The average Bonchev–Trinajstić information content (AvgIpc) is 2.86. The number of nitrogens with zero attached hydrogens (tertiary/aromatic N) is 3. The molecule has 1 atom stereocenters. The van der Waals surface area contributed by atoms with Gasteiger partial charge in [-0.1, -0.05) is 24.3 Å². The smallest absolute Gasteiger partial charge is 0.410 e. The summed E-state index contributed by atoms with van der Waals surface area (Å²) < 4.78 is 16.4. The molecule has 40 heavy (non-hydrogen) atoms. The van der Waals surface area contributed by atoms with Crippen molar-refractivity contribution in [2.45, 2.75) is 91.1 Å². The van der Waals surface area contributed by atoms with Gasteiger partial charge in [-0.05, 0) is 90.6 Å². The third-order valence-corrected chi connectivity index (χ3v) is 6.44. The van der Waals surface area contributed by atoms with Crippen LogP contribution in [0.4, 0.5) is 9.59 Å². The van der Waals surface area contributed by atoms with Crippen LogP contribution in [0, 0.1) is 0 Å². The molecular weight excluding hydrogens is 508 g/mol. The summed E-state index contributed by atoms with van der Waals surface area (Å²) in [6.45, 7) is 14.4. The van der Waals surface area contributed by atoms with E-state index in [9.17, 15) is 9.59 Å². The number of carbonyl (C=O) groups excluding carboxylic acids is 2. The Bertz CT molecular complexity index is 1110. The number of nitrogens with one attached hydrogen (secondary N) is 1. The Morgan fingerprint density at radius 3 is 2.33 bits per heavy atom. The van der Waals surface area contributed by atoms with Gasteiger partial charge in [0, 0.05) is 26.2 Å². The van der Waals surface area contributed by atoms with Gasteiger partial charge in [-0.25, -0.2) is 9.59 Å². The van der Waals surface area contributed by atoms with Crippen LogP contribution in [0.5, 0.6) is 5.75 Å². The van der Waals surface area contributed by atoms with Gasteiger partial charge in [0.2, 0.25) is 0 Å². The van der Waals surface area contributed by atoms with Gasteiger partial charge in [0.25, 0.3) is 0 Å². The maximum atomic E-state index is 13.3. The van der Waals surface area contributed by atoms with Crippen molar-refractivity contribution in [3.8, 4) is 5.75 Å². The summed E-state index contributed by atoms with van der Waals surface area (Å²) in [5.74, 6) is 0.712. The Morgan fingerprint density at radius 2 is 1.70 bits per heavy atom. The molecular formula is C31H46N4O5. The molecule has 1 aromatic heterocycles. The number of unbranched alkanes of at least 4 members (excludes halogenated alkanes) is 1. The molecule has 0 bridgehead atoms. The lowest BCUT2D eigenvalue weighted by Crippen LogP contribution is -2.51. The van der Waals surface area contributed by atoms with E-state index in [4.69, 9.17) is 14.2 Å². The number of pyridine rings is 1. The van der Waals surface area contributed by atoms with Crippen LogP contribution in [0.15, 0.2) is 42.6 Å². The summed E-state index contributed by atoms with van der Waals surface area (Å²) in [4.78, 5) is 34.1. The van der Waals surface area contributed by atoms with Gasteiger partial charge in [-0.2, -0.15) is 0 Å². The molecule has 1 N–H and O–H groups in total. The molecule has 0 fully saturated rings. The second kappa shape index (κ2) is 13.8. The first-order chi connectivity index (χ1) is 18.8. The minimum Gasteiger partial charge on any atom is -0.495 e. The summed E-state index contributed by atoms with van der Waals surface area (Å²) in [6, 6.07) is 12.1. The summed E-state index contributed by atoms with van der Waals surface area (Å²) >= 11 is 0. The van der Waals surface area contributed by atoms with Gasteiger partial charge < -0.3 is 19.5 Å². The van der Waals surface area contributed by atoms with Crippen molar-refractivity contribution in [2.24, 2.45) is 0 Å². The summed E-state index contributed by atoms with van der Waals surface area (Å²) in [6.07, 6.45) is 3.44. The van der Waals surface area contributed by atoms with Crippen LogP contribution >= 0.6 is 0 Å². The molecule has 1 aromatic carbocycles. The number of aromatic nitrogens is 1. The van der Waals surface area contributed by atoms with Gasteiger partial charge >= 0.3 is 12.2 Å². The number of carbonyl (C=O) groups is 2. The van der Waals surface area contributed by atoms with E-state index in [-0.39, 0.29) is 12.1 Å². The monoisotopic (exact) mass is 554 g/mol. The predicted molar refractivity (Wildman–Crippen MR) is 155 cm³/mol. The van der Waals surface area contributed by atoms with E-state index < -0.39 is 17.3 Å². The lowest BCUT2D eigenvalue weighted by molar-refractivity contribution is 0.00708. The number of ether oxygens (including phenoxy) is 3. The zero-order chi connectivity index (χ0) is 29.3. The summed E-state index contributed by atoms with van der Waals surface area (Å²) in [7, 11) is 1.63. The Morgan fingerprint density at radius 1 is 1.00 bits per heavy atom. The van der Waals surface area contributed by atoms with Gasteiger partial charge in [-0.15, -0.1) is 0 Å². The Hall–Kier alpha value is -3.33. The molecule has 0 saturated heterocycles. The molecule has 1 aliphatic heterocycles. The van der Waals surface area contributed by atoms with Crippen LogP contribution < -0.4 is 10.1 Å².